The van der Waals surface area contributed by atoms with Crippen LogP contribution in [-0.4, -0.2) is 58.3 Å². The molecule has 0 spiro atoms. The molecule has 2 atom stereocenters. The number of likely N-dealkylation sites (tertiary alicyclic amines) is 1. The lowest BCUT2D eigenvalue weighted by Gasteiger charge is -2.19. The van der Waals surface area contributed by atoms with Gasteiger partial charge in [-0.05, 0) is 32.5 Å². The summed E-state index contributed by atoms with van der Waals surface area (Å²) in [6.45, 7) is 2.84. The van der Waals surface area contributed by atoms with E-state index in [1.165, 1.54) is 6.07 Å². The number of aryl methyl sites for hydroxylation is 1. The zero-order valence-electron chi connectivity index (χ0n) is 14.8. The van der Waals surface area contributed by atoms with Crippen LogP contribution in [-0.2, 0) is 0 Å². The first-order valence-corrected chi connectivity index (χ1v) is 8.52. The molecule has 138 valence electrons. The number of anilines is 1. The number of carbonyl (C=O) groups is 1. The number of benzene rings is 1. The predicted octanol–water partition coefficient (Wildman–Crippen LogP) is 0.932. The van der Waals surface area contributed by atoms with Crippen LogP contribution in [0.1, 0.15) is 12.2 Å². The quantitative estimate of drug-likeness (QED) is 0.651. The number of H-pyrrole nitrogens is 1. The zero-order chi connectivity index (χ0) is 18.7. The van der Waals surface area contributed by atoms with Crippen LogP contribution < -0.4 is 16.2 Å². The summed E-state index contributed by atoms with van der Waals surface area (Å²) in [5, 5.41) is 15.2. The van der Waals surface area contributed by atoms with E-state index in [-0.39, 0.29) is 23.7 Å². The molecule has 8 nitrogen and oxygen atoms in total. The van der Waals surface area contributed by atoms with Crippen LogP contribution in [0.5, 0.6) is 0 Å². The summed E-state index contributed by atoms with van der Waals surface area (Å²) in [7, 11) is 1.93. The molecule has 26 heavy (non-hydrogen) atoms. The van der Waals surface area contributed by atoms with Crippen molar-refractivity contribution in [3.8, 4) is 11.3 Å². The summed E-state index contributed by atoms with van der Waals surface area (Å²) in [6.07, 6.45) is 0.332. The van der Waals surface area contributed by atoms with E-state index < -0.39 is 0 Å². The van der Waals surface area contributed by atoms with Crippen LogP contribution in [0.25, 0.3) is 11.3 Å². The molecule has 3 rings (SSSR count). The van der Waals surface area contributed by atoms with Gasteiger partial charge in [-0.15, -0.1) is 0 Å². The number of aliphatic hydroxyl groups is 1. The summed E-state index contributed by atoms with van der Waals surface area (Å²) in [6, 6.07) is 8.42. The molecule has 1 aromatic carbocycles. The van der Waals surface area contributed by atoms with Gasteiger partial charge in [0.1, 0.15) is 5.82 Å². The Hall–Kier alpha value is -2.71. The number of aromatic amines is 1. The Labute approximate surface area is 151 Å². The average molecular weight is 357 g/mol. The normalized spacial score (nSPS) is 20.1. The first-order chi connectivity index (χ1) is 12.4. The molecule has 2 aromatic rings. The lowest BCUT2D eigenvalue weighted by atomic mass is 10.1. The van der Waals surface area contributed by atoms with Crippen molar-refractivity contribution in [2.45, 2.75) is 25.5 Å². The van der Waals surface area contributed by atoms with Crippen LogP contribution >= 0.6 is 0 Å². The molecule has 8 heteroatoms. The second kappa shape index (κ2) is 7.67. The van der Waals surface area contributed by atoms with Crippen LogP contribution in [0.15, 0.2) is 35.1 Å². The number of carbonyl (C=O) groups excluding carboxylic acids is 1. The van der Waals surface area contributed by atoms with E-state index in [0.29, 0.717) is 36.7 Å². The van der Waals surface area contributed by atoms with Crippen molar-refractivity contribution < 1.29 is 9.90 Å². The van der Waals surface area contributed by atoms with E-state index >= 15 is 0 Å². The Kier molecular flexibility index (Phi) is 5.34. The molecule has 2 heterocycles. The van der Waals surface area contributed by atoms with Crippen molar-refractivity contribution in [2.24, 2.45) is 0 Å². The topological polar surface area (TPSA) is 110 Å². The van der Waals surface area contributed by atoms with Gasteiger partial charge in [-0.2, -0.15) is 0 Å². The van der Waals surface area contributed by atoms with Crippen LogP contribution in [0.2, 0.25) is 0 Å². The predicted molar refractivity (Wildman–Crippen MR) is 99.1 cm³/mol. The summed E-state index contributed by atoms with van der Waals surface area (Å²) in [4.78, 5) is 32.5. The van der Waals surface area contributed by atoms with Gasteiger partial charge in [0.05, 0.1) is 11.8 Å². The van der Waals surface area contributed by atoms with Gasteiger partial charge in [0.15, 0.2) is 0 Å². The van der Waals surface area contributed by atoms with E-state index in [4.69, 9.17) is 0 Å². The number of likely N-dealkylation sites (N-methyl/N-ethyl adjacent to an activating group) is 1. The highest BCUT2D eigenvalue weighted by Gasteiger charge is 2.27. The molecule has 4 N–H and O–H groups in total. The lowest BCUT2D eigenvalue weighted by molar-refractivity contribution is 0.182. The number of aliphatic hydroxyl groups excluding tert-OH is 1. The van der Waals surface area contributed by atoms with Gasteiger partial charge >= 0.3 is 6.03 Å². The summed E-state index contributed by atoms with van der Waals surface area (Å²) in [5.41, 5.74) is 1.83. The number of nitrogens with zero attached hydrogens (tertiary/aromatic N) is 2. The Morgan fingerprint density at radius 3 is 2.73 bits per heavy atom. The first-order valence-electron chi connectivity index (χ1n) is 8.52. The van der Waals surface area contributed by atoms with Gasteiger partial charge in [-0.1, -0.05) is 12.1 Å². The maximum atomic E-state index is 12.0. The average Bonchev–Trinajstić information content (AvgIpc) is 2.90. The fraction of sp³-hybridized carbons (Fsp3) is 0.389. The van der Waals surface area contributed by atoms with Gasteiger partial charge in [0.2, 0.25) is 0 Å². The standard InChI is InChI=1S/C18H23N5O3/c1-11-20-16(8-17(25)21-11)12-3-5-13(6-4-12)22-18(26)19-9-14-7-15(24)10-23(14)2/h3-6,8,14-15,24H,7,9-10H2,1-2H3,(H2,19,22,26)(H,20,21,25). The number of rotatable bonds is 4. The highest BCUT2D eigenvalue weighted by molar-refractivity contribution is 5.89. The molecule has 1 saturated heterocycles. The zero-order valence-corrected chi connectivity index (χ0v) is 14.8. The highest BCUT2D eigenvalue weighted by atomic mass is 16.3. The fourth-order valence-corrected chi connectivity index (χ4v) is 3.13. The minimum Gasteiger partial charge on any atom is -0.392 e. The van der Waals surface area contributed by atoms with Gasteiger partial charge in [0, 0.05) is 36.4 Å². The molecule has 1 aliphatic rings. The minimum absolute atomic E-state index is 0.142. The largest absolute Gasteiger partial charge is 0.392 e. The number of β-amino-alcohol motifs (C(OH)–C–C–N with tert-alkyl or cyclic N) is 1. The van der Waals surface area contributed by atoms with Crippen LogP contribution in [0.3, 0.4) is 0 Å². The molecule has 1 aliphatic heterocycles. The molecule has 0 radical (unpaired) electrons. The molecule has 1 aromatic heterocycles. The monoisotopic (exact) mass is 357 g/mol. The molecule has 0 saturated carbocycles. The van der Waals surface area contributed by atoms with Gasteiger partial charge < -0.3 is 20.7 Å². The molecular weight excluding hydrogens is 334 g/mol. The molecule has 0 aliphatic carbocycles. The Morgan fingerprint density at radius 2 is 2.12 bits per heavy atom. The van der Waals surface area contributed by atoms with Gasteiger partial charge in [-0.25, -0.2) is 9.78 Å². The van der Waals surface area contributed by atoms with E-state index in [1.807, 2.05) is 11.9 Å². The van der Waals surface area contributed by atoms with Crippen molar-refractivity contribution in [3.63, 3.8) is 0 Å². The van der Waals surface area contributed by atoms with Crippen molar-refractivity contribution >= 4 is 11.7 Å². The molecule has 2 amide bonds. The van der Waals surface area contributed by atoms with Crippen molar-refractivity contribution in [1.29, 1.82) is 0 Å². The van der Waals surface area contributed by atoms with E-state index in [1.54, 1.807) is 31.2 Å². The molecule has 0 bridgehead atoms. The second-order valence-corrected chi connectivity index (χ2v) is 6.61. The van der Waals surface area contributed by atoms with Crippen molar-refractivity contribution in [2.75, 3.05) is 25.5 Å². The number of urea groups is 1. The van der Waals surface area contributed by atoms with E-state index in [0.717, 1.165) is 5.56 Å². The minimum atomic E-state index is -0.329. The van der Waals surface area contributed by atoms with Crippen LogP contribution in [0.4, 0.5) is 10.5 Å². The van der Waals surface area contributed by atoms with Gasteiger partial charge in [-0.3, -0.25) is 9.69 Å². The first kappa shape index (κ1) is 18.1. The maximum absolute atomic E-state index is 12.0. The number of nitrogens with one attached hydrogen (secondary N) is 3. The molecular formula is C18H23N5O3. The SMILES string of the molecule is Cc1nc(-c2ccc(NC(=O)NCC3CC(O)CN3C)cc2)cc(=O)[nH]1. The third-order valence-electron chi connectivity index (χ3n) is 4.46. The van der Waals surface area contributed by atoms with Gasteiger partial charge in [0.25, 0.3) is 5.56 Å². The van der Waals surface area contributed by atoms with Crippen molar-refractivity contribution in [1.82, 2.24) is 20.2 Å². The third kappa shape index (κ3) is 4.47. The lowest BCUT2D eigenvalue weighted by Crippen LogP contribution is -2.40. The highest BCUT2D eigenvalue weighted by Crippen LogP contribution is 2.18. The Bertz CT molecular complexity index is 833. The second-order valence-electron chi connectivity index (χ2n) is 6.61. The Balaban J connectivity index is 1.57. The fourth-order valence-electron chi connectivity index (χ4n) is 3.13. The smallest absolute Gasteiger partial charge is 0.319 e. The number of hydrogen-bond acceptors (Lipinski definition) is 5. The summed E-state index contributed by atoms with van der Waals surface area (Å²) >= 11 is 0. The third-order valence-corrected chi connectivity index (χ3v) is 4.46. The van der Waals surface area contributed by atoms with Crippen LogP contribution in [0, 0.1) is 6.92 Å². The summed E-state index contributed by atoms with van der Waals surface area (Å²) < 4.78 is 0. The molecule has 2 unspecified atom stereocenters. The Morgan fingerprint density at radius 1 is 1.38 bits per heavy atom. The number of hydrogen-bond donors (Lipinski definition) is 4. The summed E-state index contributed by atoms with van der Waals surface area (Å²) in [5.74, 6) is 0.552. The molecule has 1 fully saturated rings. The number of aromatic nitrogens is 2. The maximum Gasteiger partial charge on any atom is 0.319 e. The van der Waals surface area contributed by atoms with E-state index in [2.05, 4.69) is 20.6 Å². The van der Waals surface area contributed by atoms with E-state index in [9.17, 15) is 14.7 Å². The number of amides is 2. The van der Waals surface area contributed by atoms with Crippen molar-refractivity contribution in [3.05, 3.63) is 46.5 Å².